The van der Waals surface area contributed by atoms with E-state index in [0.29, 0.717) is 49.1 Å². The number of rotatable bonds is 5. The zero-order valence-corrected chi connectivity index (χ0v) is 16.5. The van der Waals surface area contributed by atoms with E-state index in [1.165, 1.54) is 0 Å². The third kappa shape index (κ3) is 4.70. The fourth-order valence-corrected chi connectivity index (χ4v) is 3.30. The Kier molecular flexibility index (Phi) is 6.67. The maximum Gasteiger partial charge on any atom is 0.325 e. The highest BCUT2D eigenvalue weighted by atomic mass is 35.5. The molecule has 1 N–H and O–H groups in total. The first kappa shape index (κ1) is 20.3. The molecule has 0 bridgehead atoms. The molecule has 0 radical (unpaired) electrons. The lowest BCUT2D eigenvalue weighted by atomic mass is 10.1. The number of carbonyl (C=O) groups excluding carboxylic acids is 2. The average molecular weight is 403 g/mol. The van der Waals surface area contributed by atoms with Gasteiger partial charge in [-0.15, -0.1) is 0 Å². The number of halogens is 1. The highest BCUT2D eigenvalue weighted by Crippen LogP contribution is 2.29. The van der Waals surface area contributed by atoms with Crippen LogP contribution in [-0.2, 0) is 11.3 Å². The number of hydrogen-bond donors (Lipinski definition) is 1. The first-order chi connectivity index (χ1) is 13.5. The Morgan fingerprint density at radius 3 is 2.46 bits per heavy atom. The molecule has 0 atom stereocenters. The van der Waals surface area contributed by atoms with Crippen LogP contribution >= 0.6 is 11.6 Å². The highest BCUT2D eigenvalue weighted by Gasteiger charge is 2.26. The Labute approximate surface area is 169 Å². The molecule has 1 fully saturated rings. The van der Waals surface area contributed by atoms with E-state index in [9.17, 15) is 9.59 Å². The van der Waals surface area contributed by atoms with Crippen molar-refractivity contribution in [3.8, 4) is 0 Å². The van der Waals surface area contributed by atoms with Crippen molar-refractivity contribution < 1.29 is 19.4 Å². The molecule has 2 aromatic rings. The van der Waals surface area contributed by atoms with E-state index in [0.717, 1.165) is 11.1 Å². The molecule has 0 unspecified atom stereocenters. The third-order valence-electron chi connectivity index (χ3n) is 4.67. The first-order valence-electron chi connectivity index (χ1n) is 9.13. The molecule has 0 saturated carbocycles. The fourth-order valence-electron chi connectivity index (χ4n) is 3.08. The first-order valence-corrected chi connectivity index (χ1v) is 9.50. The van der Waals surface area contributed by atoms with Gasteiger partial charge in [-0.1, -0.05) is 41.9 Å². The molecular weight excluding hydrogens is 380 g/mol. The van der Waals surface area contributed by atoms with Crippen LogP contribution in [0.5, 0.6) is 0 Å². The number of hydrogen-bond acceptors (Lipinski definition) is 4. The van der Waals surface area contributed by atoms with Crippen molar-refractivity contribution in [2.75, 3.05) is 37.8 Å². The molecule has 2 aromatic carbocycles. The summed E-state index contributed by atoms with van der Waals surface area (Å²) < 4.78 is 5.35. The average Bonchev–Trinajstić information content (AvgIpc) is 2.74. The van der Waals surface area contributed by atoms with E-state index >= 15 is 0 Å². The molecule has 1 heterocycles. The van der Waals surface area contributed by atoms with Crippen molar-refractivity contribution in [1.29, 1.82) is 0 Å². The van der Waals surface area contributed by atoms with Gasteiger partial charge in [0.1, 0.15) is 6.61 Å². The Morgan fingerprint density at radius 1 is 1.14 bits per heavy atom. The predicted octanol–water partition coefficient (Wildman–Crippen LogP) is 3.28. The van der Waals surface area contributed by atoms with Gasteiger partial charge in [0.05, 0.1) is 30.5 Å². The number of ether oxygens (including phenoxy) is 1. The lowest BCUT2D eigenvalue weighted by Gasteiger charge is -2.33. The van der Waals surface area contributed by atoms with Gasteiger partial charge in [0, 0.05) is 18.7 Å². The van der Waals surface area contributed by atoms with Gasteiger partial charge in [-0.3, -0.25) is 9.69 Å². The van der Waals surface area contributed by atoms with Crippen LogP contribution in [-0.4, -0.2) is 54.7 Å². The third-order valence-corrected chi connectivity index (χ3v) is 4.98. The van der Waals surface area contributed by atoms with E-state index in [2.05, 4.69) is 0 Å². The molecule has 1 saturated heterocycles. The van der Waals surface area contributed by atoms with Crippen LogP contribution in [0.4, 0.5) is 10.5 Å². The molecule has 148 valence electrons. The number of urea groups is 1. The second-order valence-corrected chi connectivity index (χ2v) is 7.11. The second-order valence-electron chi connectivity index (χ2n) is 6.70. The van der Waals surface area contributed by atoms with Gasteiger partial charge in [-0.25, -0.2) is 4.79 Å². The number of nitrogens with zero attached hydrogens (tertiary/aromatic N) is 2. The van der Waals surface area contributed by atoms with Crippen molar-refractivity contribution in [2.45, 2.75) is 13.5 Å². The number of carbonyl (C=O) groups is 2. The number of benzene rings is 2. The van der Waals surface area contributed by atoms with Crippen LogP contribution in [0.2, 0.25) is 5.02 Å². The minimum atomic E-state index is -0.528. The van der Waals surface area contributed by atoms with Crippen LogP contribution in [0.15, 0.2) is 42.5 Å². The Bertz CT molecular complexity index is 848. The van der Waals surface area contributed by atoms with Crippen LogP contribution in [0.3, 0.4) is 0 Å². The van der Waals surface area contributed by atoms with Crippen LogP contribution < -0.4 is 4.90 Å². The van der Waals surface area contributed by atoms with Gasteiger partial charge in [-0.05, 0) is 30.2 Å². The summed E-state index contributed by atoms with van der Waals surface area (Å²) in [6.07, 6.45) is 0. The van der Waals surface area contributed by atoms with Crippen LogP contribution in [0.25, 0.3) is 0 Å². The number of morpholine rings is 1. The lowest BCUT2D eigenvalue weighted by Crippen LogP contribution is -2.48. The molecule has 28 heavy (non-hydrogen) atoms. The molecule has 0 aliphatic carbocycles. The molecule has 0 spiro atoms. The van der Waals surface area contributed by atoms with Gasteiger partial charge in [0.2, 0.25) is 0 Å². The Hall–Kier alpha value is -2.41. The summed E-state index contributed by atoms with van der Waals surface area (Å²) in [6.45, 7) is 3.82. The number of aryl methyl sites for hydroxylation is 1. The van der Waals surface area contributed by atoms with Crippen LogP contribution in [0, 0.1) is 6.92 Å². The number of Topliss-reactive ketones (excluding diaryl/α,β-unsaturated/α-hetero) is 1. The van der Waals surface area contributed by atoms with Crippen LogP contribution in [0.1, 0.15) is 21.5 Å². The lowest BCUT2D eigenvalue weighted by molar-refractivity contribution is 0.0548. The molecule has 1 aliphatic heterocycles. The van der Waals surface area contributed by atoms with Crippen molar-refractivity contribution in [1.82, 2.24) is 4.90 Å². The number of ketones is 1. The normalized spacial score (nSPS) is 14.0. The van der Waals surface area contributed by atoms with Gasteiger partial charge >= 0.3 is 6.03 Å². The van der Waals surface area contributed by atoms with E-state index in [1.54, 1.807) is 40.1 Å². The molecular formula is C21H23ClN2O4. The van der Waals surface area contributed by atoms with Gasteiger partial charge in [-0.2, -0.15) is 0 Å². The fraction of sp³-hybridized carbons (Fsp3) is 0.333. The number of aliphatic hydroxyl groups is 1. The van der Waals surface area contributed by atoms with Gasteiger partial charge in [0.15, 0.2) is 5.78 Å². The molecule has 2 amide bonds. The smallest absolute Gasteiger partial charge is 0.325 e. The minimum absolute atomic E-state index is 0.133. The topological polar surface area (TPSA) is 70.1 Å². The van der Waals surface area contributed by atoms with Crippen molar-refractivity contribution in [3.63, 3.8) is 0 Å². The molecule has 3 rings (SSSR count). The molecule has 7 heteroatoms. The summed E-state index contributed by atoms with van der Waals surface area (Å²) in [5, 5.41) is 9.49. The monoisotopic (exact) mass is 402 g/mol. The van der Waals surface area contributed by atoms with Crippen molar-refractivity contribution >= 4 is 29.1 Å². The predicted molar refractivity (Wildman–Crippen MR) is 108 cm³/mol. The second kappa shape index (κ2) is 9.19. The summed E-state index contributed by atoms with van der Waals surface area (Å²) in [5.41, 5.74) is 2.94. The quantitative estimate of drug-likeness (QED) is 0.779. The Morgan fingerprint density at radius 2 is 1.82 bits per heavy atom. The summed E-state index contributed by atoms with van der Waals surface area (Å²) >= 11 is 6.42. The van der Waals surface area contributed by atoms with Gasteiger partial charge in [0.25, 0.3) is 0 Å². The number of aliphatic hydroxyl groups excluding tert-OH is 1. The number of amides is 2. The summed E-state index contributed by atoms with van der Waals surface area (Å²) in [5.74, 6) is -0.338. The van der Waals surface area contributed by atoms with E-state index in [1.807, 2.05) is 19.1 Å². The maximum atomic E-state index is 13.2. The van der Waals surface area contributed by atoms with E-state index in [-0.39, 0.29) is 11.8 Å². The van der Waals surface area contributed by atoms with E-state index in [4.69, 9.17) is 21.4 Å². The maximum absolute atomic E-state index is 13.2. The zero-order chi connectivity index (χ0) is 20.1. The number of anilines is 1. The minimum Gasteiger partial charge on any atom is -0.388 e. The summed E-state index contributed by atoms with van der Waals surface area (Å²) in [4.78, 5) is 28.3. The Balaban J connectivity index is 1.90. The molecule has 6 nitrogen and oxygen atoms in total. The molecule has 0 aromatic heterocycles. The summed E-state index contributed by atoms with van der Waals surface area (Å²) in [7, 11) is 0. The van der Waals surface area contributed by atoms with Crippen molar-refractivity contribution in [2.24, 2.45) is 0 Å². The SMILES string of the molecule is Cc1ccc(Cl)c(N(Cc2ccc(C(=O)CO)cc2)C(=O)N2CCOCC2)c1. The standard InChI is InChI=1S/C21H23ClN2O4/c1-15-2-7-18(22)19(12-15)24(21(27)23-8-10-28-11-9-23)13-16-3-5-17(6-4-16)20(26)14-25/h2-7,12,25H,8-11,13-14H2,1H3. The largest absolute Gasteiger partial charge is 0.388 e. The molecule has 1 aliphatic rings. The van der Waals surface area contributed by atoms with Gasteiger partial charge < -0.3 is 14.7 Å². The highest BCUT2D eigenvalue weighted by molar-refractivity contribution is 6.33. The van der Waals surface area contributed by atoms with Crippen molar-refractivity contribution in [3.05, 3.63) is 64.2 Å². The summed E-state index contributed by atoms with van der Waals surface area (Å²) in [6, 6.07) is 12.3. The zero-order valence-electron chi connectivity index (χ0n) is 15.7. The van der Waals surface area contributed by atoms with E-state index < -0.39 is 6.61 Å².